The van der Waals surface area contributed by atoms with Crippen molar-refractivity contribution >= 4 is 11.3 Å². The minimum atomic E-state index is -1.000. The molecule has 1 fully saturated rings. The number of nitrogens with zero attached hydrogens (tertiary/aromatic N) is 6. The van der Waals surface area contributed by atoms with E-state index >= 15 is 0 Å². The van der Waals surface area contributed by atoms with Crippen LogP contribution in [0.1, 0.15) is 32.3 Å². The molecule has 5 rings (SSSR count). The number of rotatable bonds is 8. The fraction of sp³-hybridized carbons (Fsp3) is 0.357. The van der Waals surface area contributed by atoms with Gasteiger partial charge in [0.1, 0.15) is 36.1 Å². The summed E-state index contributed by atoms with van der Waals surface area (Å²) in [6, 6.07) is 9.22. The van der Waals surface area contributed by atoms with Gasteiger partial charge in [-0.2, -0.15) is 10.4 Å². The first kappa shape index (κ1) is 26.2. The summed E-state index contributed by atoms with van der Waals surface area (Å²) in [5.41, 5.74) is 1.66. The number of hydrogen-bond donors (Lipinski definition) is 1. The van der Waals surface area contributed by atoms with Crippen LogP contribution in [0.5, 0.6) is 17.4 Å². The highest BCUT2D eigenvalue weighted by molar-refractivity contribution is 5.85. The first-order valence-electron chi connectivity index (χ1n) is 12.6. The van der Waals surface area contributed by atoms with Gasteiger partial charge in [0.15, 0.2) is 5.82 Å². The lowest BCUT2D eigenvalue weighted by Crippen LogP contribution is -2.38. The molecule has 5 heterocycles. The van der Waals surface area contributed by atoms with E-state index in [9.17, 15) is 14.8 Å². The van der Waals surface area contributed by atoms with Crippen LogP contribution < -0.4 is 19.1 Å². The van der Waals surface area contributed by atoms with Gasteiger partial charge in [-0.05, 0) is 32.0 Å². The second-order valence-electron chi connectivity index (χ2n) is 10.0. The molecule has 0 spiro atoms. The van der Waals surface area contributed by atoms with Gasteiger partial charge in [-0.15, -0.1) is 0 Å². The van der Waals surface area contributed by atoms with Gasteiger partial charge in [0.2, 0.25) is 5.88 Å². The van der Waals surface area contributed by atoms with Crippen molar-refractivity contribution in [3.8, 4) is 34.6 Å². The monoisotopic (exact) mass is 532 g/mol. The number of methoxy groups -OCH3 is 1. The summed E-state index contributed by atoms with van der Waals surface area (Å²) in [6.07, 6.45) is 7.89. The van der Waals surface area contributed by atoms with Crippen LogP contribution in [-0.2, 0) is 0 Å². The van der Waals surface area contributed by atoms with Gasteiger partial charge in [0, 0.05) is 49.3 Å². The van der Waals surface area contributed by atoms with Crippen LogP contribution in [-0.4, -0.2) is 63.2 Å². The zero-order chi connectivity index (χ0) is 27.6. The average Bonchev–Trinajstić information content (AvgIpc) is 3.35. The van der Waals surface area contributed by atoms with E-state index in [1.54, 1.807) is 30.8 Å². The molecule has 1 N–H and O–H groups in total. The maximum absolute atomic E-state index is 13.9. The molecule has 0 atom stereocenters. The van der Waals surface area contributed by atoms with Crippen molar-refractivity contribution in [3.63, 3.8) is 0 Å². The Morgan fingerprint density at radius 1 is 1.13 bits per heavy atom. The lowest BCUT2D eigenvalue weighted by Gasteiger charge is -2.33. The predicted molar refractivity (Wildman–Crippen MR) is 142 cm³/mol. The second-order valence-corrected chi connectivity index (χ2v) is 10.0. The van der Waals surface area contributed by atoms with E-state index in [1.807, 2.05) is 18.2 Å². The standard InChI is InChI=1S/C28H29FN6O4/c1-28(2,36)17-38-22-10-23(26-19(12-30)14-33-35(26)16-22)18-4-5-25(31-13-18)34-8-6-20(7-9-34)39-21-11-24(29)27(37-3)32-15-21/h4-5,10-11,13-16,20,36H,6-9,17H2,1-3H3. The van der Waals surface area contributed by atoms with E-state index in [0.717, 1.165) is 42.9 Å². The summed E-state index contributed by atoms with van der Waals surface area (Å²) in [4.78, 5) is 10.8. The minimum Gasteiger partial charge on any atom is -0.489 e. The molecular formula is C28H29FN6O4. The zero-order valence-electron chi connectivity index (χ0n) is 22.0. The average molecular weight is 533 g/mol. The summed E-state index contributed by atoms with van der Waals surface area (Å²) < 4.78 is 32.1. The number of anilines is 1. The van der Waals surface area contributed by atoms with Crippen molar-refractivity contribution in [1.82, 2.24) is 19.6 Å². The molecule has 1 aliphatic rings. The van der Waals surface area contributed by atoms with Gasteiger partial charge in [0.05, 0.1) is 42.4 Å². The SMILES string of the molecule is COc1ncc(OC2CCN(c3ccc(-c4cc(OCC(C)(C)O)cn5ncc(C#N)c45)cn3)CC2)cc1F. The second kappa shape index (κ2) is 10.7. The summed E-state index contributed by atoms with van der Waals surface area (Å²) in [6.45, 7) is 4.90. The molecule has 0 amide bonds. The molecule has 1 saturated heterocycles. The Morgan fingerprint density at radius 2 is 1.92 bits per heavy atom. The summed E-state index contributed by atoms with van der Waals surface area (Å²) in [5, 5.41) is 24.0. The summed E-state index contributed by atoms with van der Waals surface area (Å²) in [5.74, 6) is 1.11. The van der Waals surface area contributed by atoms with Crippen LogP contribution >= 0.6 is 0 Å². The first-order valence-corrected chi connectivity index (χ1v) is 12.6. The van der Waals surface area contributed by atoms with Crippen LogP contribution in [0.25, 0.3) is 16.6 Å². The van der Waals surface area contributed by atoms with E-state index in [2.05, 4.69) is 21.1 Å². The van der Waals surface area contributed by atoms with Gasteiger partial charge in [-0.1, -0.05) is 0 Å². The molecule has 1 aliphatic heterocycles. The number of ether oxygens (including phenoxy) is 3. The Labute approximate surface area is 225 Å². The van der Waals surface area contributed by atoms with Crippen molar-refractivity contribution in [3.05, 3.63) is 60.4 Å². The van der Waals surface area contributed by atoms with Gasteiger partial charge >= 0.3 is 0 Å². The largest absolute Gasteiger partial charge is 0.489 e. The van der Waals surface area contributed by atoms with E-state index in [-0.39, 0.29) is 18.6 Å². The highest BCUT2D eigenvalue weighted by Gasteiger charge is 2.23. The van der Waals surface area contributed by atoms with Crippen LogP contribution in [0.15, 0.2) is 49.1 Å². The quantitative estimate of drug-likeness (QED) is 0.359. The smallest absolute Gasteiger partial charge is 0.250 e. The van der Waals surface area contributed by atoms with Crippen LogP contribution in [0.2, 0.25) is 0 Å². The van der Waals surface area contributed by atoms with Crippen molar-refractivity contribution in [2.24, 2.45) is 0 Å². The first-order chi connectivity index (χ1) is 18.7. The number of halogens is 1. The molecule has 4 aromatic rings. The maximum atomic E-state index is 13.9. The number of nitriles is 1. The van der Waals surface area contributed by atoms with Crippen LogP contribution in [0.4, 0.5) is 10.2 Å². The molecule has 0 radical (unpaired) electrons. The van der Waals surface area contributed by atoms with Gasteiger partial charge < -0.3 is 24.2 Å². The molecule has 0 unspecified atom stereocenters. The number of fused-ring (bicyclic) bond motifs is 1. The Hall–Kier alpha value is -4.43. The summed E-state index contributed by atoms with van der Waals surface area (Å²) in [7, 11) is 1.37. The molecule has 0 saturated carbocycles. The molecule has 10 nitrogen and oxygen atoms in total. The van der Waals surface area contributed by atoms with E-state index in [1.165, 1.54) is 25.6 Å². The minimum absolute atomic E-state index is 0.0543. The maximum Gasteiger partial charge on any atom is 0.250 e. The number of pyridine rings is 3. The van der Waals surface area contributed by atoms with Crippen molar-refractivity contribution in [2.75, 3.05) is 31.7 Å². The van der Waals surface area contributed by atoms with Crippen molar-refractivity contribution in [2.45, 2.75) is 38.4 Å². The molecule has 39 heavy (non-hydrogen) atoms. The Bertz CT molecular complexity index is 1500. The third-order valence-electron chi connectivity index (χ3n) is 6.40. The molecule has 202 valence electrons. The Morgan fingerprint density at radius 3 is 2.56 bits per heavy atom. The van der Waals surface area contributed by atoms with E-state index in [0.29, 0.717) is 22.6 Å². The van der Waals surface area contributed by atoms with Gasteiger partial charge in [-0.3, -0.25) is 0 Å². The van der Waals surface area contributed by atoms with Crippen molar-refractivity contribution < 1.29 is 23.7 Å². The predicted octanol–water partition coefficient (Wildman–Crippen LogP) is 4.01. The molecule has 11 heteroatoms. The fourth-order valence-electron chi connectivity index (χ4n) is 4.49. The van der Waals surface area contributed by atoms with E-state index < -0.39 is 11.4 Å². The highest BCUT2D eigenvalue weighted by atomic mass is 19.1. The lowest BCUT2D eigenvalue weighted by atomic mass is 10.0. The normalized spacial score (nSPS) is 14.3. The summed E-state index contributed by atoms with van der Waals surface area (Å²) >= 11 is 0. The highest BCUT2D eigenvalue weighted by Crippen LogP contribution is 2.32. The molecule has 0 bridgehead atoms. The number of piperidine rings is 1. The van der Waals surface area contributed by atoms with E-state index in [4.69, 9.17) is 19.2 Å². The van der Waals surface area contributed by atoms with Gasteiger partial charge in [-0.25, -0.2) is 18.9 Å². The number of hydrogen-bond acceptors (Lipinski definition) is 9. The van der Waals surface area contributed by atoms with Crippen molar-refractivity contribution in [1.29, 1.82) is 5.26 Å². The van der Waals surface area contributed by atoms with Crippen LogP contribution in [0.3, 0.4) is 0 Å². The third kappa shape index (κ3) is 5.86. The topological polar surface area (TPSA) is 118 Å². The zero-order valence-corrected chi connectivity index (χ0v) is 22.0. The van der Waals surface area contributed by atoms with Crippen LogP contribution in [0, 0.1) is 17.1 Å². The number of aliphatic hydroxyl groups is 1. The molecule has 4 aromatic heterocycles. The molecular weight excluding hydrogens is 503 g/mol. The van der Waals surface area contributed by atoms with Gasteiger partial charge in [0.25, 0.3) is 0 Å². The molecule has 0 aliphatic carbocycles. The lowest BCUT2D eigenvalue weighted by molar-refractivity contribution is 0.0283. The Kier molecular flexibility index (Phi) is 7.21. The Balaban J connectivity index is 1.30. The third-order valence-corrected chi connectivity index (χ3v) is 6.40. The fourth-order valence-corrected chi connectivity index (χ4v) is 4.49. The molecule has 0 aromatic carbocycles. The number of aromatic nitrogens is 4.